The van der Waals surface area contributed by atoms with Gasteiger partial charge in [0.05, 0.1) is 15.1 Å². The lowest BCUT2D eigenvalue weighted by Crippen LogP contribution is -2.42. The number of thiazole rings is 1. The number of carbonyl (C=O) groups is 1. The maximum Gasteiger partial charge on any atom is 0.257 e. The smallest absolute Gasteiger partial charge is 0.257 e. The molecule has 6 nitrogen and oxygen atoms in total. The average Bonchev–Trinajstić information content (AvgIpc) is 3.15. The standard InChI is InChI=1S/C23H27N3O3S2/c1-14-11-15(2)13-26(12-14)31(28,29)19-9-7-18(8-10-19)22(27)25-23-24-20-16(3)5-6-17(4)21(20)30-23/h5-10,14-15H,11-13H2,1-4H3,(H,24,25,27)/t14-,15-/m0/s1. The molecule has 0 spiro atoms. The van der Waals surface area contributed by atoms with Crippen LogP contribution < -0.4 is 5.32 Å². The second-order valence-electron chi connectivity index (χ2n) is 8.64. The number of benzene rings is 2. The zero-order valence-corrected chi connectivity index (χ0v) is 19.8. The Bertz CT molecular complexity index is 1180. The van der Waals surface area contributed by atoms with Gasteiger partial charge in [-0.1, -0.05) is 37.3 Å². The lowest BCUT2D eigenvalue weighted by Gasteiger charge is -2.34. The molecule has 1 aromatic heterocycles. The Hall–Kier alpha value is -2.29. The van der Waals surface area contributed by atoms with Crippen molar-refractivity contribution in [3.63, 3.8) is 0 Å². The van der Waals surface area contributed by atoms with Crippen molar-refractivity contribution < 1.29 is 13.2 Å². The molecule has 2 aromatic carbocycles. The first-order valence-corrected chi connectivity index (χ1v) is 12.7. The highest BCUT2D eigenvalue weighted by molar-refractivity contribution is 7.89. The van der Waals surface area contributed by atoms with Gasteiger partial charge >= 0.3 is 0 Å². The fourth-order valence-electron chi connectivity index (χ4n) is 4.21. The third-order valence-electron chi connectivity index (χ3n) is 5.75. The minimum absolute atomic E-state index is 0.219. The summed E-state index contributed by atoms with van der Waals surface area (Å²) in [5, 5.41) is 3.38. The van der Waals surface area contributed by atoms with Gasteiger partial charge in [-0.2, -0.15) is 4.31 Å². The molecule has 0 saturated carbocycles. The lowest BCUT2D eigenvalue weighted by atomic mass is 9.94. The predicted octanol–water partition coefficient (Wildman–Crippen LogP) is 4.83. The first-order valence-electron chi connectivity index (χ1n) is 10.4. The van der Waals surface area contributed by atoms with E-state index in [1.807, 2.05) is 26.0 Å². The number of aryl methyl sites for hydroxylation is 2. The number of amides is 1. The van der Waals surface area contributed by atoms with Crippen LogP contribution in [0.15, 0.2) is 41.3 Å². The number of sulfonamides is 1. The maximum absolute atomic E-state index is 13.0. The summed E-state index contributed by atoms with van der Waals surface area (Å²) in [6, 6.07) is 10.2. The quantitative estimate of drug-likeness (QED) is 0.608. The van der Waals surface area contributed by atoms with Crippen LogP contribution in [-0.2, 0) is 10.0 Å². The minimum Gasteiger partial charge on any atom is -0.298 e. The average molecular weight is 458 g/mol. The number of nitrogens with one attached hydrogen (secondary N) is 1. The number of aromatic nitrogens is 1. The van der Waals surface area contributed by atoms with Crippen LogP contribution in [0.4, 0.5) is 5.13 Å². The van der Waals surface area contributed by atoms with Crippen molar-refractivity contribution in [1.29, 1.82) is 0 Å². The first kappa shape index (κ1) is 21.9. The molecule has 1 N–H and O–H groups in total. The van der Waals surface area contributed by atoms with E-state index in [0.717, 1.165) is 27.8 Å². The highest BCUT2D eigenvalue weighted by Gasteiger charge is 2.31. The predicted molar refractivity (Wildman–Crippen MR) is 125 cm³/mol. The molecule has 8 heteroatoms. The molecule has 0 bridgehead atoms. The topological polar surface area (TPSA) is 79.4 Å². The van der Waals surface area contributed by atoms with E-state index >= 15 is 0 Å². The van der Waals surface area contributed by atoms with Crippen molar-refractivity contribution in [3.05, 3.63) is 53.1 Å². The Balaban J connectivity index is 1.52. The van der Waals surface area contributed by atoms with Gasteiger partial charge in [0.2, 0.25) is 10.0 Å². The molecular weight excluding hydrogens is 430 g/mol. The van der Waals surface area contributed by atoms with E-state index in [-0.39, 0.29) is 10.8 Å². The molecule has 31 heavy (non-hydrogen) atoms. The zero-order chi connectivity index (χ0) is 22.3. The van der Waals surface area contributed by atoms with Crippen molar-refractivity contribution in [2.24, 2.45) is 11.8 Å². The summed E-state index contributed by atoms with van der Waals surface area (Å²) in [5.74, 6) is 0.368. The van der Waals surface area contributed by atoms with Gasteiger partial charge < -0.3 is 0 Å². The molecule has 1 fully saturated rings. The molecule has 0 unspecified atom stereocenters. The van der Waals surface area contributed by atoms with Crippen LogP contribution in [0, 0.1) is 25.7 Å². The van der Waals surface area contributed by atoms with Gasteiger partial charge in [0.15, 0.2) is 5.13 Å². The molecule has 3 aromatic rings. The van der Waals surface area contributed by atoms with Crippen LogP contribution in [0.1, 0.15) is 41.8 Å². The molecule has 0 radical (unpaired) electrons. The van der Waals surface area contributed by atoms with Gasteiger partial charge in [-0.15, -0.1) is 0 Å². The number of hydrogen-bond donors (Lipinski definition) is 1. The van der Waals surface area contributed by atoms with Crippen molar-refractivity contribution >= 4 is 42.6 Å². The summed E-state index contributed by atoms with van der Waals surface area (Å²) in [6.45, 7) is 9.24. The third kappa shape index (κ3) is 4.37. The molecule has 1 aliphatic rings. The number of carbonyl (C=O) groups excluding carboxylic acids is 1. The van der Waals surface area contributed by atoms with Crippen molar-refractivity contribution in [2.45, 2.75) is 39.0 Å². The van der Waals surface area contributed by atoms with Crippen LogP contribution >= 0.6 is 11.3 Å². The fraction of sp³-hybridized carbons (Fsp3) is 0.391. The first-order chi connectivity index (χ1) is 14.6. The molecule has 2 atom stereocenters. The van der Waals surface area contributed by atoms with Gasteiger partial charge in [-0.05, 0) is 67.5 Å². The summed E-state index contributed by atoms with van der Waals surface area (Å²) in [5.41, 5.74) is 3.47. The largest absolute Gasteiger partial charge is 0.298 e. The molecule has 2 heterocycles. The van der Waals surface area contributed by atoms with Gasteiger partial charge in [0.25, 0.3) is 5.91 Å². The van der Waals surface area contributed by atoms with Crippen molar-refractivity contribution in [1.82, 2.24) is 9.29 Å². The lowest BCUT2D eigenvalue weighted by molar-refractivity contribution is 0.102. The van der Waals surface area contributed by atoms with Crippen LogP contribution in [-0.4, -0.2) is 36.7 Å². The van der Waals surface area contributed by atoms with E-state index in [1.54, 1.807) is 16.4 Å². The molecule has 1 amide bonds. The van der Waals surface area contributed by atoms with Crippen LogP contribution in [0.3, 0.4) is 0 Å². The second kappa shape index (κ2) is 8.33. The highest BCUT2D eigenvalue weighted by Crippen LogP contribution is 2.31. The molecule has 1 aliphatic heterocycles. The van der Waals surface area contributed by atoms with E-state index in [2.05, 4.69) is 24.1 Å². The van der Waals surface area contributed by atoms with E-state index < -0.39 is 10.0 Å². The normalized spacial score (nSPS) is 20.1. The summed E-state index contributed by atoms with van der Waals surface area (Å²) in [4.78, 5) is 17.5. The van der Waals surface area contributed by atoms with Gasteiger partial charge in [-0.3, -0.25) is 10.1 Å². The summed E-state index contributed by atoms with van der Waals surface area (Å²) < 4.78 is 28.7. The van der Waals surface area contributed by atoms with Gasteiger partial charge in [0, 0.05) is 18.7 Å². The zero-order valence-electron chi connectivity index (χ0n) is 18.2. The van der Waals surface area contributed by atoms with Gasteiger partial charge in [-0.25, -0.2) is 13.4 Å². The summed E-state index contributed by atoms with van der Waals surface area (Å²) in [6.07, 6.45) is 1.04. The number of rotatable bonds is 4. The van der Waals surface area contributed by atoms with Crippen LogP contribution in [0.25, 0.3) is 10.2 Å². The van der Waals surface area contributed by atoms with E-state index in [9.17, 15) is 13.2 Å². The van der Waals surface area contributed by atoms with Crippen LogP contribution in [0.2, 0.25) is 0 Å². The Morgan fingerprint density at radius 3 is 2.26 bits per heavy atom. The number of nitrogens with zero attached hydrogens (tertiary/aromatic N) is 2. The monoisotopic (exact) mass is 457 g/mol. The second-order valence-corrected chi connectivity index (χ2v) is 11.6. The van der Waals surface area contributed by atoms with Crippen molar-refractivity contribution in [3.8, 4) is 0 Å². The van der Waals surface area contributed by atoms with E-state index in [0.29, 0.717) is 35.6 Å². The molecule has 4 rings (SSSR count). The van der Waals surface area contributed by atoms with Gasteiger partial charge in [0.1, 0.15) is 0 Å². The van der Waals surface area contributed by atoms with Crippen molar-refractivity contribution in [2.75, 3.05) is 18.4 Å². The Labute approximate surface area is 187 Å². The number of piperidine rings is 1. The Kier molecular flexibility index (Phi) is 5.89. The summed E-state index contributed by atoms with van der Waals surface area (Å²) in [7, 11) is -3.56. The summed E-state index contributed by atoms with van der Waals surface area (Å²) >= 11 is 1.44. The Morgan fingerprint density at radius 2 is 1.65 bits per heavy atom. The Morgan fingerprint density at radius 1 is 1.03 bits per heavy atom. The number of anilines is 1. The fourth-order valence-corrected chi connectivity index (χ4v) is 6.90. The van der Waals surface area contributed by atoms with E-state index in [1.165, 1.54) is 23.5 Å². The van der Waals surface area contributed by atoms with Crippen LogP contribution in [0.5, 0.6) is 0 Å². The molecular formula is C23H27N3O3S2. The maximum atomic E-state index is 13.0. The SMILES string of the molecule is Cc1ccc(C)c2sc(NC(=O)c3ccc(S(=O)(=O)N4C[C@@H](C)C[C@H](C)C4)cc3)nc12. The number of fused-ring (bicyclic) bond motifs is 1. The molecule has 0 aliphatic carbocycles. The molecule has 164 valence electrons. The molecule has 1 saturated heterocycles. The van der Waals surface area contributed by atoms with E-state index in [4.69, 9.17) is 0 Å². The third-order valence-corrected chi connectivity index (χ3v) is 8.70. The highest BCUT2D eigenvalue weighted by atomic mass is 32.2. The minimum atomic E-state index is -3.56. The number of hydrogen-bond acceptors (Lipinski definition) is 5.